The van der Waals surface area contributed by atoms with Gasteiger partial charge in [0.1, 0.15) is 0 Å². The largest absolute Gasteiger partial charge is 0.393 e. The van der Waals surface area contributed by atoms with Crippen LogP contribution in [-0.4, -0.2) is 41.7 Å². The summed E-state index contributed by atoms with van der Waals surface area (Å²) in [5.74, 6) is 0.512. The molecule has 0 unspecified atom stereocenters. The average molecular weight is 304 g/mol. The van der Waals surface area contributed by atoms with Crippen molar-refractivity contribution < 1.29 is 5.11 Å². The lowest BCUT2D eigenvalue weighted by molar-refractivity contribution is 0.0791. The van der Waals surface area contributed by atoms with Gasteiger partial charge in [0, 0.05) is 26.2 Å². The Morgan fingerprint density at radius 1 is 1.32 bits per heavy atom. The minimum atomic E-state index is -0.125. The molecule has 1 saturated heterocycles. The number of nitrogens with zero attached hydrogens (tertiary/aromatic N) is 2. The third-order valence-electron chi connectivity index (χ3n) is 4.05. The van der Waals surface area contributed by atoms with Crippen molar-refractivity contribution in [3.8, 4) is 0 Å². The highest BCUT2D eigenvalue weighted by Crippen LogP contribution is 2.17. The minimum absolute atomic E-state index is 0.125. The summed E-state index contributed by atoms with van der Waals surface area (Å²) in [5.41, 5.74) is 8.37. The molecule has 5 heteroatoms. The maximum absolute atomic E-state index is 9.60. The van der Waals surface area contributed by atoms with Gasteiger partial charge in [-0.1, -0.05) is 31.2 Å². The lowest BCUT2D eigenvalue weighted by Crippen LogP contribution is -2.35. The van der Waals surface area contributed by atoms with Gasteiger partial charge in [-0.05, 0) is 30.4 Å². The van der Waals surface area contributed by atoms with Gasteiger partial charge in [-0.3, -0.25) is 4.90 Å². The van der Waals surface area contributed by atoms with Crippen LogP contribution in [0.25, 0.3) is 0 Å². The summed E-state index contributed by atoms with van der Waals surface area (Å²) in [6.45, 7) is 6.39. The van der Waals surface area contributed by atoms with Crippen molar-refractivity contribution in [3.05, 3.63) is 35.4 Å². The van der Waals surface area contributed by atoms with Crippen LogP contribution < -0.4 is 11.1 Å². The van der Waals surface area contributed by atoms with Gasteiger partial charge in [0.2, 0.25) is 0 Å². The van der Waals surface area contributed by atoms with Crippen molar-refractivity contribution in [2.45, 2.75) is 45.4 Å². The molecule has 0 atom stereocenters. The molecule has 5 nitrogen and oxygen atoms in total. The van der Waals surface area contributed by atoms with E-state index in [0.717, 1.165) is 45.4 Å². The predicted octanol–water partition coefficient (Wildman–Crippen LogP) is 1.46. The van der Waals surface area contributed by atoms with Crippen molar-refractivity contribution >= 4 is 5.96 Å². The Balaban J connectivity index is 1.94. The summed E-state index contributed by atoms with van der Waals surface area (Å²) in [6.07, 6.45) is 2.65. The molecule has 0 aliphatic carbocycles. The first-order valence-electron chi connectivity index (χ1n) is 8.20. The van der Waals surface area contributed by atoms with E-state index in [-0.39, 0.29) is 6.10 Å². The van der Waals surface area contributed by atoms with Crippen molar-refractivity contribution in [2.75, 3.05) is 19.6 Å². The molecular formula is C17H28N4O. The lowest BCUT2D eigenvalue weighted by atomic mass is 10.0. The quantitative estimate of drug-likeness (QED) is 0.549. The van der Waals surface area contributed by atoms with Gasteiger partial charge in [-0.25, -0.2) is 4.99 Å². The molecule has 1 fully saturated rings. The van der Waals surface area contributed by atoms with E-state index >= 15 is 0 Å². The monoisotopic (exact) mass is 304 g/mol. The molecule has 4 N–H and O–H groups in total. The number of nitrogens with one attached hydrogen (secondary N) is 1. The van der Waals surface area contributed by atoms with Gasteiger partial charge >= 0.3 is 0 Å². The maximum Gasteiger partial charge on any atom is 0.188 e. The summed E-state index contributed by atoms with van der Waals surface area (Å²) in [4.78, 5) is 6.82. The van der Waals surface area contributed by atoms with Crippen molar-refractivity contribution in [3.63, 3.8) is 0 Å². The van der Waals surface area contributed by atoms with Crippen molar-refractivity contribution in [1.82, 2.24) is 10.2 Å². The fraction of sp³-hybridized carbons (Fsp3) is 0.588. The summed E-state index contributed by atoms with van der Waals surface area (Å²) in [6, 6.07) is 8.39. The second-order valence-electron chi connectivity index (χ2n) is 5.90. The number of rotatable bonds is 6. The molecular weight excluding hydrogens is 276 g/mol. The maximum atomic E-state index is 9.60. The molecule has 122 valence electrons. The number of aliphatic hydroxyl groups excluding tert-OH is 1. The van der Waals surface area contributed by atoms with Gasteiger partial charge in [0.25, 0.3) is 0 Å². The molecule has 1 aromatic rings. The fourth-order valence-electron chi connectivity index (χ4n) is 2.66. The number of aliphatic hydroxyl groups is 1. The third-order valence-corrected chi connectivity index (χ3v) is 4.05. The molecule has 1 aromatic carbocycles. The van der Waals surface area contributed by atoms with Crippen molar-refractivity contribution in [1.29, 1.82) is 0 Å². The van der Waals surface area contributed by atoms with Crippen LogP contribution in [0.4, 0.5) is 0 Å². The SMILES string of the molecule is CCCNC(N)=NCc1ccccc1CN1CCC(O)CC1. The number of aliphatic imine (C=N–C) groups is 1. The number of piperidine rings is 1. The van der Waals surface area contributed by atoms with Gasteiger partial charge in [0.05, 0.1) is 12.6 Å². The second kappa shape index (κ2) is 8.76. The first-order chi connectivity index (χ1) is 10.7. The Hall–Kier alpha value is -1.59. The number of likely N-dealkylation sites (tertiary alicyclic amines) is 1. The van der Waals surface area contributed by atoms with Crippen LogP contribution >= 0.6 is 0 Å². The van der Waals surface area contributed by atoms with Crippen LogP contribution in [0.3, 0.4) is 0 Å². The van der Waals surface area contributed by atoms with Crippen LogP contribution in [0, 0.1) is 0 Å². The summed E-state index contributed by atoms with van der Waals surface area (Å²) in [5, 5.41) is 12.7. The Labute approximate surface area is 133 Å². The Kier molecular flexibility index (Phi) is 6.68. The van der Waals surface area contributed by atoms with E-state index < -0.39 is 0 Å². The van der Waals surface area contributed by atoms with E-state index in [0.29, 0.717) is 12.5 Å². The van der Waals surface area contributed by atoms with E-state index in [1.165, 1.54) is 11.1 Å². The molecule has 0 aromatic heterocycles. The number of guanidine groups is 1. The van der Waals surface area contributed by atoms with Crippen LogP contribution in [0.15, 0.2) is 29.3 Å². The highest BCUT2D eigenvalue weighted by atomic mass is 16.3. The number of nitrogens with two attached hydrogens (primary N) is 1. The zero-order valence-electron chi connectivity index (χ0n) is 13.5. The molecule has 2 rings (SSSR count). The Bertz CT molecular complexity index is 481. The molecule has 1 aliphatic heterocycles. The molecule has 1 aliphatic rings. The molecule has 0 saturated carbocycles. The number of hydrogen-bond donors (Lipinski definition) is 3. The van der Waals surface area contributed by atoms with Crippen LogP contribution in [0.1, 0.15) is 37.3 Å². The van der Waals surface area contributed by atoms with Crippen LogP contribution in [0.5, 0.6) is 0 Å². The summed E-state index contributed by atoms with van der Waals surface area (Å²) in [7, 11) is 0. The van der Waals surface area contributed by atoms with Gasteiger partial charge in [-0.2, -0.15) is 0 Å². The predicted molar refractivity (Wildman–Crippen MR) is 90.6 cm³/mol. The molecule has 0 amide bonds. The number of hydrogen-bond acceptors (Lipinski definition) is 3. The standard InChI is InChI=1S/C17H28N4O/c1-2-9-19-17(18)20-12-14-5-3-4-6-15(14)13-21-10-7-16(22)8-11-21/h3-6,16,22H,2,7-13H2,1H3,(H3,18,19,20). The second-order valence-corrected chi connectivity index (χ2v) is 5.90. The van der Waals surface area contributed by atoms with Crippen LogP contribution in [0.2, 0.25) is 0 Å². The third kappa shape index (κ3) is 5.31. The summed E-state index contributed by atoms with van der Waals surface area (Å²) >= 11 is 0. The topological polar surface area (TPSA) is 73.9 Å². The van der Waals surface area contributed by atoms with Crippen molar-refractivity contribution in [2.24, 2.45) is 10.7 Å². The molecule has 0 bridgehead atoms. The van der Waals surface area contributed by atoms with Gasteiger partial charge in [0.15, 0.2) is 5.96 Å². The minimum Gasteiger partial charge on any atom is -0.393 e. The highest BCUT2D eigenvalue weighted by Gasteiger charge is 2.17. The first-order valence-corrected chi connectivity index (χ1v) is 8.20. The summed E-state index contributed by atoms with van der Waals surface area (Å²) < 4.78 is 0. The van der Waals surface area contributed by atoms with E-state index in [1.807, 2.05) is 6.07 Å². The molecule has 22 heavy (non-hydrogen) atoms. The van der Waals surface area contributed by atoms with Gasteiger partial charge < -0.3 is 16.2 Å². The highest BCUT2D eigenvalue weighted by molar-refractivity contribution is 5.77. The van der Waals surface area contributed by atoms with Gasteiger partial charge in [-0.15, -0.1) is 0 Å². The lowest BCUT2D eigenvalue weighted by Gasteiger charge is -2.30. The zero-order chi connectivity index (χ0) is 15.8. The average Bonchev–Trinajstić information content (AvgIpc) is 2.54. The van der Waals surface area contributed by atoms with E-state index in [2.05, 4.69) is 40.3 Å². The molecule has 0 spiro atoms. The zero-order valence-corrected chi connectivity index (χ0v) is 13.5. The number of benzene rings is 1. The normalized spacial score (nSPS) is 17.6. The van der Waals surface area contributed by atoms with E-state index in [9.17, 15) is 5.11 Å². The Morgan fingerprint density at radius 2 is 2.00 bits per heavy atom. The Morgan fingerprint density at radius 3 is 2.68 bits per heavy atom. The van der Waals surface area contributed by atoms with Crippen LogP contribution in [-0.2, 0) is 13.1 Å². The molecule has 1 heterocycles. The molecule has 0 radical (unpaired) electrons. The van der Waals surface area contributed by atoms with E-state index in [1.54, 1.807) is 0 Å². The fourth-order valence-corrected chi connectivity index (χ4v) is 2.66. The first kappa shape index (κ1) is 16.8. The van der Waals surface area contributed by atoms with E-state index in [4.69, 9.17) is 5.73 Å². The smallest absolute Gasteiger partial charge is 0.188 e.